The Bertz CT molecular complexity index is 1690. The molecule has 0 aliphatic rings. The number of carbonyl (C=O) groups is 3. The van der Waals surface area contributed by atoms with E-state index in [1.54, 1.807) is 66.7 Å². The zero-order chi connectivity index (χ0) is 31.6. The van der Waals surface area contributed by atoms with Gasteiger partial charge in [0.15, 0.2) is 11.5 Å². The van der Waals surface area contributed by atoms with Crippen LogP contribution in [-0.4, -0.2) is 37.2 Å². The monoisotopic (exact) mass is 609 g/mol. The zero-order valence-electron chi connectivity index (χ0n) is 25.3. The van der Waals surface area contributed by atoms with Crippen molar-refractivity contribution in [3.8, 4) is 11.5 Å². The molecule has 0 fully saturated rings. The Morgan fingerprint density at radius 3 is 2.25 bits per heavy atom. The summed E-state index contributed by atoms with van der Waals surface area (Å²) in [5.41, 5.74) is 4.47. The Morgan fingerprint density at radius 2 is 1.55 bits per heavy atom. The van der Waals surface area contributed by atoms with E-state index in [4.69, 9.17) is 9.47 Å². The standard InChI is InChI=1S/C35H35N3O5S/c1-22-14-16-29(23(2)18-22)37-33(39)24(3)44-28-13-9-12-27(21-28)36-35(41)30(38-34(40)26-10-7-6-8-11-26)19-25-15-17-31(42-4)32(20-25)43-5/h6-21,24H,1-5H3,(H,36,41)(H,37,39)(H,38,40)/b30-19+. The molecular weight excluding hydrogens is 574 g/mol. The molecule has 0 heterocycles. The second kappa shape index (κ2) is 14.9. The number of amides is 3. The third-order valence-electron chi connectivity index (χ3n) is 6.66. The highest BCUT2D eigenvalue weighted by atomic mass is 32.2. The van der Waals surface area contributed by atoms with Crippen LogP contribution >= 0.6 is 11.8 Å². The first-order valence-corrected chi connectivity index (χ1v) is 14.8. The number of rotatable bonds is 11. The largest absolute Gasteiger partial charge is 0.493 e. The number of aryl methyl sites for hydroxylation is 2. The van der Waals surface area contributed by atoms with E-state index >= 15 is 0 Å². The van der Waals surface area contributed by atoms with E-state index in [0.717, 1.165) is 21.7 Å². The van der Waals surface area contributed by atoms with E-state index in [2.05, 4.69) is 16.0 Å². The fourth-order valence-electron chi connectivity index (χ4n) is 4.34. The normalized spacial score (nSPS) is 11.7. The Morgan fingerprint density at radius 1 is 0.795 bits per heavy atom. The summed E-state index contributed by atoms with van der Waals surface area (Å²) >= 11 is 1.37. The number of nitrogens with one attached hydrogen (secondary N) is 3. The molecule has 8 nitrogen and oxygen atoms in total. The van der Waals surface area contributed by atoms with Crippen molar-refractivity contribution < 1.29 is 23.9 Å². The van der Waals surface area contributed by atoms with Gasteiger partial charge in [-0.2, -0.15) is 0 Å². The van der Waals surface area contributed by atoms with E-state index in [1.807, 2.05) is 51.1 Å². The SMILES string of the molecule is COc1ccc(/C=C(/NC(=O)c2ccccc2)C(=O)Nc2cccc(SC(C)C(=O)Nc3ccc(C)cc3C)c2)cc1OC. The van der Waals surface area contributed by atoms with E-state index in [9.17, 15) is 14.4 Å². The van der Waals surface area contributed by atoms with Crippen molar-refractivity contribution in [2.24, 2.45) is 0 Å². The van der Waals surface area contributed by atoms with E-state index < -0.39 is 17.1 Å². The lowest BCUT2D eigenvalue weighted by atomic mass is 10.1. The highest BCUT2D eigenvalue weighted by Crippen LogP contribution is 2.29. The summed E-state index contributed by atoms with van der Waals surface area (Å²) in [5.74, 6) is -0.0570. The van der Waals surface area contributed by atoms with Crippen molar-refractivity contribution in [3.05, 3.63) is 119 Å². The first-order chi connectivity index (χ1) is 21.2. The maximum atomic E-state index is 13.5. The molecule has 0 aromatic heterocycles. The van der Waals surface area contributed by atoms with Gasteiger partial charge in [0.05, 0.1) is 19.5 Å². The average Bonchev–Trinajstić information content (AvgIpc) is 3.02. The van der Waals surface area contributed by atoms with Crippen molar-refractivity contribution in [1.82, 2.24) is 5.32 Å². The van der Waals surface area contributed by atoms with Crippen LogP contribution in [0.5, 0.6) is 11.5 Å². The summed E-state index contributed by atoms with van der Waals surface area (Å²) in [5, 5.41) is 8.21. The van der Waals surface area contributed by atoms with Crippen molar-refractivity contribution in [1.29, 1.82) is 0 Å². The third-order valence-corrected chi connectivity index (χ3v) is 7.75. The minimum absolute atomic E-state index is 0.0327. The lowest BCUT2D eigenvalue weighted by molar-refractivity contribution is -0.115. The molecule has 4 aromatic carbocycles. The van der Waals surface area contributed by atoms with Crippen LogP contribution in [0, 0.1) is 13.8 Å². The van der Waals surface area contributed by atoms with Gasteiger partial charge in [0.1, 0.15) is 5.70 Å². The van der Waals surface area contributed by atoms with Crippen molar-refractivity contribution in [2.45, 2.75) is 30.9 Å². The molecule has 226 valence electrons. The molecule has 0 radical (unpaired) electrons. The van der Waals surface area contributed by atoms with Crippen LogP contribution in [0.15, 0.2) is 102 Å². The number of anilines is 2. The molecule has 3 amide bonds. The predicted octanol–water partition coefficient (Wildman–Crippen LogP) is 6.85. The van der Waals surface area contributed by atoms with Crippen LogP contribution in [0.25, 0.3) is 6.08 Å². The number of hydrogen-bond donors (Lipinski definition) is 3. The molecule has 4 rings (SSSR count). The fraction of sp³-hybridized carbons (Fsp3) is 0.171. The molecule has 1 unspecified atom stereocenters. The molecular formula is C35H35N3O5S. The molecule has 1 atom stereocenters. The van der Waals surface area contributed by atoms with Gasteiger partial charge in [0.25, 0.3) is 11.8 Å². The molecule has 0 saturated carbocycles. The molecule has 0 spiro atoms. The van der Waals surface area contributed by atoms with E-state index in [1.165, 1.54) is 26.0 Å². The van der Waals surface area contributed by atoms with Crippen molar-refractivity contribution in [2.75, 3.05) is 24.9 Å². The smallest absolute Gasteiger partial charge is 0.272 e. The maximum Gasteiger partial charge on any atom is 0.272 e. The Labute approximate surface area is 261 Å². The van der Waals surface area contributed by atoms with Crippen LogP contribution < -0.4 is 25.4 Å². The minimum Gasteiger partial charge on any atom is -0.493 e. The first kappa shape index (κ1) is 31.9. The Balaban J connectivity index is 1.52. The molecule has 3 N–H and O–H groups in total. The fourth-order valence-corrected chi connectivity index (χ4v) is 5.27. The lowest BCUT2D eigenvalue weighted by Crippen LogP contribution is -2.30. The first-order valence-electron chi connectivity index (χ1n) is 13.9. The number of ether oxygens (including phenoxy) is 2. The van der Waals surface area contributed by atoms with Gasteiger partial charge in [0, 0.05) is 21.8 Å². The van der Waals surface area contributed by atoms with E-state index in [0.29, 0.717) is 28.3 Å². The van der Waals surface area contributed by atoms with Gasteiger partial charge >= 0.3 is 0 Å². The summed E-state index contributed by atoms with van der Waals surface area (Å²) in [6.45, 7) is 5.80. The number of benzene rings is 4. The van der Waals surface area contributed by atoms with Gasteiger partial charge in [-0.05, 0) is 86.5 Å². The Kier molecular flexibility index (Phi) is 10.8. The van der Waals surface area contributed by atoms with Crippen molar-refractivity contribution >= 4 is 46.9 Å². The summed E-state index contributed by atoms with van der Waals surface area (Å²) in [6, 6.07) is 26.9. The van der Waals surface area contributed by atoms with Crippen molar-refractivity contribution in [3.63, 3.8) is 0 Å². The molecule has 4 aromatic rings. The number of thioether (sulfide) groups is 1. The molecule has 44 heavy (non-hydrogen) atoms. The zero-order valence-corrected chi connectivity index (χ0v) is 26.1. The molecule has 0 aliphatic heterocycles. The minimum atomic E-state index is -0.521. The third kappa shape index (κ3) is 8.52. The lowest BCUT2D eigenvalue weighted by Gasteiger charge is -2.15. The highest BCUT2D eigenvalue weighted by Gasteiger charge is 2.18. The Hall–Kier alpha value is -5.02. The van der Waals surface area contributed by atoms with Gasteiger partial charge in [-0.3, -0.25) is 14.4 Å². The molecule has 0 bridgehead atoms. The van der Waals surface area contributed by atoms with Gasteiger partial charge in [0.2, 0.25) is 5.91 Å². The summed E-state index contributed by atoms with van der Waals surface area (Å²) in [6.07, 6.45) is 1.57. The van der Waals surface area contributed by atoms with Gasteiger partial charge < -0.3 is 25.4 Å². The van der Waals surface area contributed by atoms with E-state index in [-0.39, 0.29) is 11.6 Å². The topological polar surface area (TPSA) is 106 Å². The number of carbonyl (C=O) groups excluding carboxylic acids is 3. The highest BCUT2D eigenvalue weighted by molar-refractivity contribution is 8.00. The quantitative estimate of drug-likeness (QED) is 0.127. The van der Waals surface area contributed by atoms with Crippen LogP contribution in [0.4, 0.5) is 11.4 Å². The average molecular weight is 610 g/mol. The van der Waals surface area contributed by atoms with Crippen LogP contribution in [0.3, 0.4) is 0 Å². The predicted molar refractivity (Wildman–Crippen MR) is 176 cm³/mol. The second-order valence-electron chi connectivity index (χ2n) is 10.0. The van der Waals surface area contributed by atoms with Gasteiger partial charge in [-0.1, -0.05) is 48.0 Å². The van der Waals surface area contributed by atoms with Crippen LogP contribution in [0.2, 0.25) is 0 Å². The summed E-state index contributed by atoms with van der Waals surface area (Å²) < 4.78 is 10.7. The van der Waals surface area contributed by atoms with Crippen LogP contribution in [-0.2, 0) is 9.59 Å². The maximum absolute atomic E-state index is 13.5. The van der Waals surface area contributed by atoms with Crippen LogP contribution in [0.1, 0.15) is 34.0 Å². The molecule has 0 saturated heterocycles. The van der Waals surface area contributed by atoms with Gasteiger partial charge in [-0.25, -0.2) is 0 Å². The van der Waals surface area contributed by atoms with Gasteiger partial charge in [-0.15, -0.1) is 11.8 Å². The molecule has 0 aliphatic carbocycles. The summed E-state index contributed by atoms with van der Waals surface area (Å²) in [7, 11) is 3.06. The number of hydrogen-bond acceptors (Lipinski definition) is 6. The second-order valence-corrected chi connectivity index (χ2v) is 11.5. The number of methoxy groups -OCH3 is 2. The molecule has 9 heteroatoms. The summed E-state index contributed by atoms with van der Waals surface area (Å²) in [4.78, 5) is 40.3.